The molecule has 10 heteroatoms. The molecule has 2 aromatic rings. The summed E-state index contributed by atoms with van der Waals surface area (Å²) in [5.41, 5.74) is 1.20. The largest absolute Gasteiger partial charge is 0.416 e. The summed E-state index contributed by atoms with van der Waals surface area (Å²) >= 11 is 0. The van der Waals surface area contributed by atoms with Crippen molar-refractivity contribution in [1.29, 1.82) is 0 Å². The summed E-state index contributed by atoms with van der Waals surface area (Å²) in [7, 11) is 0. The average molecular weight is 476 g/mol. The molecule has 2 saturated heterocycles. The number of hydrogen-bond acceptors (Lipinski definition) is 4. The van der Waals surface area contributed by atoms with Gasteiger partial charge in [0.1, 0.15) is 0 Å². The SMILES string of the molecule is O=C(Nc1ccc(C(F)(F)F)cc1)NC1CCN(C(=O)c2ccc(N3CCOCC3)cc2)CC1. The van der Waals surface area contributed by atoms with E-state index in [2.05, 4.69) is 15.5 Å². The lowest BCUT2D eigenvalue weighted by Gasteiger charge is -2.32. The smallest absolute Gasteiger partial charge is 0.378 e. The fourth-order valence-electron chi connectivity index (χ4n) is 4.14. The first-order valence-electron chi connectivity index (χ1n) is 11.3. The molecule has 2 N–H and O–H groups in total. The zero-order valence-corrected chi connectivity index (χ0v) is 18.6. The summed E-state index contributed by atoms with van der Waals surface area (Å²) in [5, 5.41) is 5.38. The number of likely N-dealkylation sites (tertiary alicyclic amines) is 1. The predicted molar refractivity (Wildman–Crippen MR) is 122 cm³/mol. The monoisotopic (exact) mass is 476 g/mol. The Morgan fingerprint density at radius 2 is 1.50 bits per heavy atom. The molecule has 34 heavy (non-hydrogen) atoms. The molecule has 2 fully saturated rings. The second-order valence-corrected chi connectivity index (χ2v) is 8.39. The third kappa shape index (κ3) is 5.99. The number of halogens is 3. The van der Waals surface area contributed by atoms with Crippen LogP contribution in [0.15, 0.2) is 48.5 Å². The van der Waals surface area contributed by atoms with E-state index in [0.29, 0.717) is 44.7 Å². The minimum Gasteiger partial charge on any atom is -0.378 e. The Kier molecular flexibility index (Phi) is 7.26. The van der Waals surface area contributed by atoms with Crippen molar-refractivity contribution < 1.29 is 27.5 Å². The Hall–Kier alpha value is -3.27. The molecule has 0 atom stereocenters. The molecular weight excluding hydrogens is 449 g/mol. The van der Waals surface area contributed by atoms with E-state index in [1.165, 1.54) is 12.1 Å². The number of nitrogens with one attached hydrogen (secondary N) is 2. The number of anilines is 2. The summed E-state index contributed by atoms with van der Waals surface area (Å²) in [6, 6.07) is 11.3. The van der Waals surface area contributed by atoms with Crippen LogP contribution in [0, 0.1) is 0 Å². The molecule has 0 spiro atoms. The lowest BCUT2D eigenvalue weighted by atomic mass is 10.0. The highest BCUT2D eigenvalue weighted by Gasteiger charge is 2.30. The number of morpholine rings is 1. The zero-order chi connectivity index (χ0) is 24.1. The van der Waals surface area contributed by atoms with E-state index in [-0.39, 0.29) is 17.6 Å². The maximum Gasteiger partial charge on any atom is 0.416 e. The van der Waals surface area contributed by atoms with E-state index in [4.69, 9.17) is 4.74 Å². The van der Waals surface area contributed by atoms with Crippen molar-refractivity contribution in [2.24, 2.45) is 0 Å². The number of hydrogen-bond donors (Lipinski definition) is 2. The molecule has 2 aliphatic rings. The van der Waals surface area contributed by atoms with E-state index in [0.717, 1.165) is 30.9 Å². The zero-order valence-electron chi connectivity index (χ0n) is 18.6. The van der Waals surface area contributed by atoms with Gasteiger partial charge in [-0.25, -0.2) is 4.79 Å². The topological polar surface area (TPSA) is 73.9 Å². The summed E-state index contributed by atoms with van der Waals surface area (Å²) in [6.45, 7) is 4.09. The minimum atomic E-state index is -4.42. The number of piperidine rings is 1. The molecule has 0 saturated carbocycles. The lowest BCUT2D eigenvalue weighted by Crippen LogP contribution is -2.47. The molecule has 2 heterocycles. The van der Waals surface area contributed by atoms with Crippen LogP contribution in [0.1, 0.15) is 28.8 Å². The first-order chi connectivity index (χ1) is 16.3. The number of benzene rings is 2. The van der Waals surface area contributed by atoms with Gasteiger partial charge in [0.05, 0.1) is 18.8 Å². The normalized spacial score (nSPS) is 17.4. The Morgan fingerprint density at radius 1 is 0.882 bits per heavy atom. The van der Waals surface area contributed by atoms with Gasteiger partial charge in [0.15, 0.2) is 0 Å². The van der Waals surface area contributed by atoms with Crippen LogP contribution in [0.5, 0.6) is 0 Å². The number of nitrogens with zero attached hydrogens (tertiary/aromatic N) is 2. The molecular formula is C24H27F3N4O3. The third-order valence-electron chi connectivity index (χ3n) is 6.08. The maximum absolute atomic E-state index is 12.9. The first-order valence-corrected chi connectivity index (χ1v) is 11.3. The van der Waals surface area contributed by atoms with Gasteiger partial charge in [-0.2, -0.15) is 13.2 Å². The first kappa shape index (κ1) is 23.9. The molecule has 7 nitrogen and oxygen atoms in total. The van der Waals surface area contributed by atoms with Crippen LogP contribution >= 0.6 is 0 Å². The maximum atomic E-state index is 12.9. The summed E-state index contributed by atoms with van der Waals surface area (Å²) < 4.78 is 43.3. The van der Waals surface area contributed by atoms with Crippen molar-refractivity contribution in [3.63, 3.8) is 0 Å². The Bertz CT molecular complexity index is 982. The van der Waals surface area contributed by atoms with Crippen molar-refractivity contribution >= 4 is 23.3 Å². The van der Waals surface area contributed by atoms with Gasteiger partial charge < -0.3 is 25.2 Å². The highest BCUT2D eigenvalue weighted by Crippen LogP contribution is 2.29. The van der Waals surface area contributed by atoms with Crippen molar-refractivity contribution in [3.05, 3.63) is 59.7 Å². The van der Waals surface area contributed by atoms with Crippen LogP contribution in [-0.2, 0) is 10.9 Å². The molecule has 4 rings (SSSR count). The van der Waals surface area contributed by atoms with Crippen molar-refractivity contribution in [2.75, 3.05) is 49.6 Å². The molecule has 2 aliphatic heterocycles. The van der Waals surface area contributed by atoms with Crippen molar-refractivity contribution in [1.82, 2.24) is 10.2 Å². The van der Waals surface area contributed by atoms with Gasteiger partial charge in [0, 0.05) is 49.2 Å². The van der Waals surface area contributed by atoms with Crippen LogP contribution in [0.4, 0.5) is 29.3 Å². The molecule has 0 unspecified atom stereocenters. The van der Waals surface area contributed by atoms with Gasteiger partial charge in [-0.1, -0.05) is 0 Å². The van der Waals surface area contributed by atoms with Crippen LogP contribution in [0.2, 0.25) is 0 Å². The Morgan fingerprint density at radius 3 is 2.09 bits per heavy atom. The standard InChI is InChI=1S/C24H27F3N4O3/c25-24(26,27)18-3-5-19(6-4-18)28-23(33)29-20-9-11-31(12-10-20)22(32)17-1-7-21(8-2-17)30-13-15-34-16-14-30/h1-8,20H,9-16H2,(H2,28,29,33). The fraction of sp³-hybridized carbons (Fsp3) is 0.417. The molecule has 0 aliphatic carbocycles. The number of urea groups is 1. The number of amides is 3. The number of rotatable bonds is 4. The Balaban J connectivity index is 1.23. The van der Waals surface area contributed by atoms with Gasteiger partial charge in [-0.3, -0.25) is 4.79 Å². The van der Waals surface area contributed by atoms with Gasteiger partial charge in [0.2, 0.25) is 0 Å². The summed E-state index contributed by atoms with van der Waals surface area (Å²) in [4.78, 5) is 29.1. The second kappa shape index (κ2) is 10.3. The number of carbonyl (C=O) groups is 2. The molecule has 0 bridgehead atoms. The number of ether oxygens (including phenoxy) is 1. The predicted octanol–water partition coefficient (Wildman–Crippen LogP) is 3.97. The number of carbonyl (C=O) groups excluding carboxylic acids is 2. The highest BCUT2D eigenvalue weighted by atomic mass is 19.4. The van der Waals surface area contributed by atoms with Crippen LogP contribution in [0.25, 0.3) is 0 Å². The second-order valence-electron chi connectivity index (χ2n) is 8.39. The van der Waals surface area contributed by atoms with Crippen LogP contribution in [-0.4, -0.2) is 62.3 Å². The summed E-state index contributed by atoms with van der Waals surface area (Å²) in [6.07, 6.45) is -3.23. The fourth-order valence-corrected chi connectivity index (χ4v) is 4.14. The third-order valence-corrected chi connectivity index (χ3v) is 6.08. The lowest BCUT2D eigenvalue weighted by molar-refractivity contribution is -0.137. The van der Waals surface area contributed by atoms with Crippen LogP contribution < -0.4 is 15.5 Å². The average Bonchev–Trinajstić information content (AvgIpc) is 2.84. The van der Waals surface area contributed by atoms with E-state index in [1.807, 2.05) is 24.3 Å². The quantitative estimate of drug-likeness (QED) is 0.701. The van der Waals surface area contributed by atoms with E-state index < -0.39 is 17.8 Å². The van der Waals surface area contributed by atoms with Gasteiger partial charge in [-0.15, -0.1) is 0 Å². The Labute approximate surface area is 195 Å². The molecule has 2 aromatic carbocycles. The van der Waals surface area contributed by atoms with Crippen LogP contribution in [0.3, 0.4) is 0 Å². The van der Waals surface area contributed by atoms with Crippen molar-refractivity contribution in [2.45, 2.75) is 25.1 Å². The molecule has 0 aromatic heterocycles. The molecule has 182 valence electrons. The number of alkyl halides is 3. The van der Waals surface area contributed by atoms with Gasteiger partial charge >= 0.3 is 12.2 Å². The van der Waals surface area contributed by atoms with E-state index in [1.54, 1.807) is 4.90 Å². The summed E-state index contributed by atoms with van der Waals surface area (Å²) in [5.74, 6) is -0.0406. The van der Waals surface area contributed by atoms with E-state index in [9.17, 15) is 22.8 Å². The molecule has 3 amide bonds. The van der Waals surface area contributed by atoms with E-state index >= 15 is 0 Å². The van der Waals surface area contributed by atoms with Gasteiger partial charge in [0.25, 0.3) is 5.91 Å². The minimum absolute atomic E-state index is 0.0406. The van der Waals surface area contributed by atoms with Crippen molar-refractivity contribution in [3.8, 4) is 0 Å². The molecule has 0 radical (unpaired) electrons. The highest BCUT2D eigenvalue weighted by molar-refractivity contribution is 5.94. The van der Waals surface area contributed by atoms with Gasteiger partial charge in [-0.05, 0) is 61.4 Å².